The highest BCUT2D eigenvalue weighted by Gasteiger charge is 2.52. The lowest BCUT2D eigenvalue weighted by atomic mass is 9.66. The molecule has 0 aromatic heterocycles. The summed E-state index contributed by atoms with van der Waals surface area (Å²) in [5.41, 5.74) is 0. The van der Waals surface area contributed by atoms with Crippen LogP contribution in [0, 0.1) is 23.7 Å². The van der Waals surface area contributed by atoms with E-state index in [1.54, 1.807) is 0 Å². The van der Waals surface area contributed by atoms with Crippen molar-refractivity contribution in [1.29, 1.82) is 0 Å². The fourth-order valence-electron chi connectivity index (χ4n) is 4.45. The van der Waals surface area contributed by atoms with E-state index in [4.69, 9.17) is 0 Å². The summed E-state index contributed by atoms with van der Waals surface area (Å²) in [5.74, 6) is 2.32. The fraction of sp³-hybridized carbons (Fsp3) is 1.00. The first-order valence-corrected chi connectivity index (χ1v) is 6.15. The summed E-state index contributed by atoms with van der Waals surface area (Å²) >= 11 is 0. The van der Waals surface area contributed by atoms with Crippen LogP contribution >= 0.6 is 0 Å². The van der Waals surface area contributed by atoms with Gasteiger partial charge < -0.3 is 10.2 Å². The minimum atomic E-state index is -0.415. The molecule has 0 aromatic carbocycles. The van der Waals surface area contributed by atoms with Gasteiger partial charge in [0.2, 0.25) is 0 Å². The fourth-order valence-corrected chi connectivity index (χ4v) is 4.45. The van der Waals surface area contributed by atoms with E-state index in [0.29, 0.717) is 11.8 Å². The number of aliphatic hydroxyl groups excluding tert-OH is 2. The number of hydrogen-bond acceptors (Lipinski definition) is 2. The highest BCUT2D eigenvalue weighted by atomic mass is 16.3. The molecular formula is C12H20O2. The quantitative estimate of drug-likeness (QED) is 0.617. The van der Waals surface area contributed by atoms with Crippen LogP contribution in [0.25, 0.3) is 0 Å². The third kappa shape index (κ3) is 1.10. The summed E-state index contributed by atoms with van der Waals surface area (Å²) in [4.78, 5) is 0. The van der Waals surface area contributed by atoms with Crippen molar-refractivity contribution < 1.29 is 10.2 Å². The van der Waals surface area contributed by atoms with Crippen molar-refractivity contribution in [3.8, 4) is 0 Å². The lowest BCUT2D eigenvalue weighted by molar-refractivity contribution is -0.109. The second-order valence-corrected chi connectivity index (χ2v) is 5.50. The first-order chi connectivity index (χ1) is 6.79. The van der Waals surface area contributed by atoms with Crippen molar-refractivity contribution in [3.63, 3.8) is 0 Å². The molecule has 0 unspecified atom stereocenters. The van der Waals surface area contributed by atoms with Gasteiger partial charge in [0.25, 0.3) is 0 Å². The van der Waals surface area contributed by atoms with E-state index in [9.17, 15) is 10.2 Å². The SMILES string of the molecule is O[C@H]1[C@H](O)[C@@H]2CCC[C@H]2[C@H]2CCC[C@H]12. The molecular weight excluding hydrogens is 176 g/mol. The minimum Gasteiger partial charge on any atom is -0.390 e. The van der Waals surface area contributed by atoms with Gasteiger partial charge >= 0.3 is 0 Å². The molecule has 0 saturated heterocycles. The van der Waals surface area contributed by atoms with Crippen molar-refractivity contribution in [2.24, 2.45) is 23.7 Å². The molecule has 0 heterocycles. The maximum atomic E-state index is 10.0. The molecule has 0 bridgehead atoms. The zero-order valence-corrected chi connectivity index (χ0v) is 8.60. The molecule has 0 radical (unpaired) electrons. The Morgan fingerprint density at radius 1 is 0.571 bits per heavy atom. The van der Waals surface area contributed by atoms with Crippen molar-refractivity contribution in [3.05, 3.63) is 0 Å². The molecule has 3 aliphatic rings. The van der Waals surface area contributed by atoms with E-state index in [1.807, 2.05) is 0 Å². The van der Waals surface area contributed by atoms with Gasteiger partial charge in [0.15, 0.2) is 0 Å². The molecule has 80 valence electrons. The molecule has 3 saturated carbocycles. The van der Waals surface area contributed by atoms with E-state index < -0.39 is 12.2 Å². The Morgan fingerprint density at radius 3 is 1.36 bits per heavy atom. The summed E-state index contributed by atoms with van der Waals surface area (Å²) in [6, 6.07) is 0. The standard InChI is InChI=1S/C12H20O2/c13-11-9-5-1-3-7(9)8-4-2-6-10(8)12(11)14/h7-14H,1-6H2/t7-,8+,9+,10-,11-,12-/m1/s1. The van der Waals surface area contributed by atoms with Crippen molar-refractivity contribution in [2.45, 2.75) is 50.7 Å². The number of fused-ring (bicyclic) bond motifs is 3. The maximum Gasteiger partial charge on any atom is 0.0832 e. The Morgan fingerprint density at radius 2 is 0.929 bits per heavy atom. The lowest BCUT2D eigenvalue weighted by Gasteiger charge is -2.43. The van der Waals surface area contributed by atoms with E-state index in [2.05, 4.69) is 0 Å². The van der Waals surface area contributed by atoms with Gasteiger partial charge in [-0.3, -0.25) is 0 Å². The Labute approximate surface area is 85.3 Å². The van der Waals surface area contributed by atoms with Gasteiger partial charge in [-0.1, -0.05) is 12.8 Å². The Balaban J connectivity index is 1.89. The predicted molar refractivity (Wildman–Crippen MR) is 53.7 cm³/mol. The van der Waals surface area contributed by atoms with Crippen molar-refractivity contribution in [2.75, 3.05) is 0 Å². The molecule has 3 aliphatic carbocycles. The molecule has 0 aromatic rings. The van der Waals surface area contributed by atoms with Crippen LogP contribution in [0.4, 0.5) is 0 Å². The van der Waals surface area contributed by atoms with Crippen LogP contribution in [0.5, 0.6) is 0 Å². The lowest BCUT2D eigenvalue weighted by Crippen LogP contribution is -2.49. The van der Waals surface area contributed by atoms with Crippen LogP contribution < -0.4 is 0 Å². The first kappa shape index (κ1) is 9.17. The zero-order valence-electron chi connectivity index (χ0n) is 8.60. The van der Waals surface area contributed by atoms with E-state index >= 15 is 0 Å². The van der Waals surface area contributed by atoms with Crippen LogP contribution in [0.2, 0.25) is 0 Å². The highest BCUT2D eigenvalue weighted by Crippen LogP contribution is 2.53. The van der Waals surface area contributed by atoms with Gasteiger partial charge in [-0.05, 0) is 49.4 Å². The molecule has 0 spiro atoms. The van der Waals surface area contributed by atoms with Crippen LogP contribution in [-0.2, 0) is 0 Å². The Hall–Kier alpha value is -0.0800. The summed E-state index contributed by atoms with van der Waals surface area (Å²) in [6.45, 7) is 0. The summed E-state index contributed by atoms with van der Waals surface area (Å²) < 4.78 is 0. The second-order valence-electron chi connectivity index (χ2n) is 5.50. The monoisotopic (exact) mass is 196 g/mol. The van der Waals surface area contributed by atoms with E-state index in [0.717, 1.165) is 24.7 Å². The van der Waals surface area contributed by atoms with Crippen molar-refractivity contribution in [1.82, 2.24) is 0 Å². The van der Waals surface area contributed by atoms with Crippen LogP contribution in [0.1, 0.15) is 38.5 Å². The molecule has 3 fully saturated rings. The third-order valence-corrected chi connectivity index (χ3v) is 5.03. The van der Waals surface area contributed by atoms with E-state index in [1.165, 1.54) is 25.7 Å². The maximum absolute atomic E-state index is 10.0. The smallest absolute Gasteiger partial charge is 0.0832 e. The zero-order chi connectivity index (χ0) is 9.71. The van der Waals surface area contributed by atoms with Crippen LogP contribution in [0.3, 0.4) is 0 Å². The average Bonchev–Trinajstić information content (AvgIpc) is 2.80. The average molecular weight is 196 g/mol. The number of hydrogen-bond donors (Lipinski definition) is 2. The molecule has 6 atom stereocenters. The summed E-state index contributed by atoms with van der Waals surface area (Å²) in [7, 11) is 0. The van der Waals surface area contributed by atoms with Gasteiger partial charge in [0.1, 0.15) is 0 Å². The third-order valence-electron chi connectivity index (χ3n) is 5.03. The summed E-state index contributed by atoms with van der Waals surface area (Å²) in [6.07, 6.45) is 6.59. The van der Waals surface area contributed by atoms with Gasteiger partial charge in [-0.25, -0.2) is 0 Å². The topological polar surface area (TPSA) is 40.5 Å². The Bertz CT molecular complexity index is 204. The van der Waals surface area contributed by atoms with Crippen LogP contribution in [0.15, 0.2) is 0 Å². The van der Waals surface area contributed by atoms with Gasteiger partial charge in [-0.15, -0.1) is 0 Å². The molecule has 2 N–H and O–H groups in total. The largest absolute Gasteiger partial charge is 0.390 e. The highest BCUT2D eigenvalue weighted by molar-refractivity contribution is 5.01. The normalized spacial score (nSPS) is 57.0. The first-order valence-electron chi connectivity index (χ1n) is 6.15. The van der Waals surface area contributed by atoms with E-state index in [-0.39, 0.29) is 0 Å². The van der Waals surface area contributed by atoms with Gasteiger partial charge in [0, 0.05) is 0 Å². The second kappa shape index (κ2) is 3.21. The summed E-state index contributed by atoms with van der Waals surface area (Å²) in [5, 5.41) is 20.1. The number of rotatable bonds is 0. The number of aliphatic hydroxyl groups is 2. The molecule has 14 heavy (non-hydrogen) atoms. The Kier molecular flexibility index (Phi) is 2.10. The van der Waals surface area contributed by atoms with Gasteiger partial charge in [0.05, 0.1) is 12.2 Å². The molecule has 0 amide bonds. The van der Waals surface area contributed by atoms with Gasteiger partial charge in [-0.2, -0.15) is 0 Å². The minimum absolute atomic E-state index is 0.415. The molecule has 3 rings (SSSR count). The molecule has 2 nitrogen and oxygen atoms in total. The molecule has 0 aliphatic heterocycles. The van der Waals surface area contributed by atoms with Crippen molar-refractivity contribution >= 4 is 0 Å². The van der Waals surface area contributed by atoms with Crippen LogP contribution in [-0.4, -0.2) is 22.4 Å². The predicted octanol–water partition coefficient (Wildman–Crippen LogP) is 1.55. The molecule has 2 heteroatoms.